The van der Waals surface area contributed by atoms with Crippen molar-refractivity contribution in [3.8, 4) is 5.75 Å². The molecule has 3 heteroatoms. The minimum absolute atomic E-state index is 0.0962. The number of hydrogen-bond donors (Lipinski definition) is 2. The molecule has 0 saturated carbocycles. The number of rotatable bonds is 0. The second-order valence-electron chi connectivity index (χ2n) is 2.88. The van der Waals surface area contributed by atoms with Gasteiger partial charge in [-0.3, -0.25) is 0 Å². The molecular formula is C10H8ClNO. The van der Waals surface area contributed by atoms with E-state index in [0.29, 0.717) is 10.7 Å². The number of phenolic OH excluding ortho intramolecular Hbond substituents is 1. The van der Waals surface area contributed by atoms with E-state index in [0.717, 1.165) is 10.8 Å². The van der Waals surface area contributed by atoms with Crippen molar-refractivity contribution in [3.63, 3.8) is 0 Å². The van der Waals surface area contributed by atoms with E-state index in [4.69, 9.17) is 17.3 Å². The maximum Gasteiger partial charge on any atom is 0.134 e. The average Bonchev–Trinajstić information content (AvgIpc) is 2.12. The molecule has 0 bridgehead atoms. The van der Waals surface area contributed by atoms with E-state index in [9.17, 15) is 5.11 Å². The number of benzene rings is 2. The van der Waals surface area contributed by atoms with Crippen LogP contribution in [0.3, 0.4) is 0 Å². The maximum absolute atomic E-state index is 9.32. The van der Waals surface area contributed by atoms with Crippen molar-refractivity contribution in [3.05, 3.63) is 35.4 Å². The maximum atomic E-state index is 9.32. The summed E-state index contributed by atoms with van der Waals surface area (Å²) in [5.74, 6) is 0.0962. The number of phenols is 1. The average molecular weight is 194 g/mol. The lowest BCUT2D eigenvalue weighted by atomic mass is 10.1. The van der Waals surface area contributed by atoms with Gasteiger partial charge in [-0.15, -0.1) is 0 Å². The first-order valence-electron chi connectivity index (χ1n) is 3.85. The summed E-state index contributed by atoms with van der Waals surface area (Å²) in [7, 11) is 0. The summed E-state index contributed by atoms with van der Waals surface area (Å²) in [6.45, 7) is 0. The van der Waals surface area contributed by atoms with Gasteiger partial charge in [0.1, 0.15) is 5.75 Å². The van der Waals surface area contributed by atoms with Crippen LogP contribution in [0.5, 0.6) is 5.75 Å². The van der Waals surface area contributed by atoms with Gasteiger partial charge in [-0.1, -0.05) is 23.7 Å². The first-order valence-corrected chi connectivity index (χ1v) is 4.23. The fourth-order valence-electron chi connectivity index (χ4n) is 1.30. The number of nitrogen functional groups attached to an aromatic ring is 1. The highest BCUT2D eigenvalue weighted by Gasteiger charge is 2.03. The molecule has 0 radical (unpaired) electrons. The summed E-state index contributed by atoms with van der Waals surface area (Å²) in [6.07, 6.45) is 0. The SMILES string of the molecule is Nc1ccc2c(Cl)c(O)ccc2c1. The van der Waals surface area contributed by atoms with Gasteiger partial charge in [0.2, 0.25) is 0 Å². The second-order valence-corrected chi connectivity index (χ2v) is 3.26. The van der Waals surface area contributed by atoms with Crippen LogP contribution in [-0.2, 0) is 0 Å². The van der Waals surface area contributed by atoms with E-state index in [1.807, 2.05) is 6.07 Å². The van der Waals surface area contributed by atoms with Crippen LogP contribution in [0.25, 0.3) is 10.8 Å². The molecule has 0 spiro atoms. The number of halogens is 1. The number of fused-ring (bicyclic) bond motifs is 1. The Morgan fingerprint density at radius 1 is 1.15 bits per heavy atom. The molecule has 3 N–H and O–H groups in total. The zero-order valence-corrected chi connectivity index (χ0v) is 7.55. The van der Waals surface area contributed by atoms with Gasteiger partial charge in [0.15, 0.2) is 0 Å². The van der Waals surface area contributed by atoms with Crippen LogP contribution in [0, 0.1) is 0 Å². The van der Waals surface area contributed by atoms with Crippen molar-refractivity contribution < 1.29 is 5.11 Å². The molecule has 0 fully saturated rings. The molecule has 2 aromatic carbocycles. The monoisotopic (exact) mass is 193 g/mol. The van der Waals surface area contributed by atoms with Crippen molar-refractivity contribution in [2.75, 3.05) is 5.73 Å². The van der Waals surface area contributed by atoms with Gasteiger partial charge in [-0.25, -0.2) is 0 Å². The number of hydrogen-bond acceptors (Lipinski definition) is 2. The van der Waals surface area contributed by atoms with E-state index in [2.05, 4.69) is 0 Å². The molecule has 0 aliphatic rings. The quantitative estimate of drug-likeness (QED) is 0.632. The summed E-state index contributed by atoms with van der Waals surface area (Å²) in [5, 5.41) is 11.4. The summed E-state index contributed by atoms with van der Waals surface area (Å²) < 4.78 is 0. The Hall–Kier alpha value is -1.41. The van der Waals surface area contributed by atoms with Crippen molar-refractivity contribution in [1.82, 2.24) is 0 Å². The Balaban J connectivity index is 2.87. The molecule has 0 amide bonds. The standard InChI is InChI=1S/C10H8ClNO/c11-10-8-3-2-7(12)5-6(8)1-4-9(10)13/h1-5,13H,12H2. The fraction of sp³-hybridized carbons (Fsp3) is 0. The van der Waals surface area contributed by atoms with E-state index < -0.39 is 0 Å². The molecule has 0 saturated heterocycles. The molecule has 66 valence electrons. The van der Waals surface area contributed by atoms with E-state index >= 15 is 0 Å². The molecular weight excluding hydrogens is 186 g/mol. The van der Waals surface area contributed by atoms with Crippen LogP contribution in [0.2, 0.25) is 5.02 Å². The number of nitrogens with two attached hydrogens (primary N) is 1. The first-order chi connectivity index (χ1) is 6.18. The lowest BCUT2D eigenvalue weighted by Crippen LogP contribution is -1.84. The predicted molar refractivity (Wildman–Crippen MR) is 55.0 cm³/mol. The Labute approximate surface area is 80.6 Å². The Morgan fingerprint density at radius 2 is 1.92 bits per heavy atom. The molecule has 0 atom stereocenters. The number of anilines is 1. The molecule has 0 aliphatic carbocycles. The summed E-state index contributed by atoms with van der Waals surface area (Å²) in [5.41, 5.74) is 6.30. The van der Waals surface area contributed by atoms with E-state index in [-0.39, 0.29) is 5.75 Å². The molecule has 2 nitrogen and oxygen atoms in total. The predicted octanol–water partition coefficient (Wildman–Crippen LogP) is 2.78. The van der Waals surface area contributed by atoms with Gasteiger partial charge in [-0.05, 0) is 23.6 Å². The third-order valence-electron chi connectivity index (χ3n) is 1.96. The van der Waals surface area contributed by atoms with Gasteiger partial charge in [0.05, 0.1) is 5.02 Å². The number of aromatic hydroxyl groups is 1. The first kappa shape index (κ1) is 8.20. The van der Waals surface area contributed by atoms with Gasteiger partial charge >= 0.3 is 0 Å². The van der Waals surface area contributed by atoms with E-state index in [1.54, 1.807) is 24.3 Å². The van der Waals surface area contributed by atoms with Crippen LogP contribution in [0.15, 0.2) is 30.3 Å². The normalized spacial score (nSPS) is 10.5. The Morgan fingerprint density at radius 3 is 2.69 bits per heavy atom. The largest absolute Gasteiger partial charge is 0.506 e. The molecule has 2 rings (SSSR count). The summed E-state index contributed by atoms with van der Waals surface area (Å²) in [4.78, 5) is 0. The third kappa shape index (κ3) is 1.29. The van der Waals surface area contributed by atoms with E-state index in [1.165, 1.54) is 0 Å². The van der Waals surface area contributed by atoms with Crippen molar-refractivity contribution >= 4 is 28.1 Å². The highest BCUT2D eigenvalue weighted by molar-refractivity contribution is 6.37. The van der Waals surface area contributed by atoms with Gasteiger partial charge in [0.25, 0.3) is 0 Å². The molecule has 2 aromatic rings. The van der Waals surface area contributed by atoms with Crippen LogP contribution >= 0.6 is 11.6 Å². The highest BCUT2D eigenvalue weighted by atomic mass is 35.5. The lowest BCUT2D eigenvalue weighted by molar-refractivity contribution is 0.476. The molecule has 0 unspecified atom stereocenters. The zero-order chi connectivity index (χ0) is 9.42. The summed E-state index contributed by atoms with van der Waals surface area (Å²) in [6, 6.07) is 8.72. The lowest BCUT2D eigenvalue weighted by Gasteiger charge is -2.03. The second kappa shape index (κ2) is 2.82. The zero-order valence-electron chi connectivity index (χ0n) is 6.79. The van der Waals surface area contributed by atoms with Gasteiger partial charge < -0.3 is 10.8 Å². The fourth-order valence-corrected chi connectivity index (χ4v) is 1.53. The topological polar surface area (TPSA) is 46.2 Å². The van der Waals surface area contributed by atoms with Crippen molar-refractivity contribution in [2.24, 2.45) is 0 Å². The van der Waals surface area contributed by atoms with Crippen molar-refractivity contribution in [2.45, 2.75) is 0 Å². The van der Waals surface area contributed by atoms with Crippen LogP contribution in [0.1, 0.15) is 0 Å². The van der Waals surface area contributed by atoms with Crippen molar-refractivity contribution in [1.29, 1.82) is 0 Å². The Bertz CT molecular complexity index is 468. The van der Waals surface area contributed by atoms with Gasteiger partial charge in [-0.2, -0.15) is 0 Å². The Kier molecular flexibility index (Phi) is 1.78. The van der Waals surface area contributed by atoms with Crippen LogP contribution in [-0.4, -0.2) is 5.11 Å². The third-order valence-corrected chi connectivity index (χ3v) is 2.35. The molecule has 0 heterocycles. The smallest absolute Gasteiger partial charge is 0.134 e. The summed E-state index contributed by atoms with van der Waals surface area (Å²) >= 11 is 5.89. The minimum Gasteiger partial charge on any atom is -0.506 e. The van der Waals surface area contributed by atoms with Crippen LogP contribution in [0.4, 0.5) is 5.69 Å². The molecule has 0 aromatic heterocycles. The van der Waals surface area contributed by atoms with Crippen LogP contribution < -0.4 is 5.73 Å². The minimum atomic E-state index is 0.0962. The van der Waals surface area contributed by atoms with Gasteiger partial charge in [0, 0.05) is 11.1 Å². The molecule has 0 aliphatic heterocycles. The highest BCUT2D eigenvalue weighted by Crippen LogP contribution is 2.32. The molecule has 13 heavy (non-hydrogen) atoms.